The van der Waals surface area contributed by atoms with E-state index in [1.165, 1.54) is 17.9 Å². The van der Waals surface area contributed by atoms with Crippen LogP contribution in [-0.4, -0.2) is 20.6 Å². The molecule has 2 aromatic rings. The van der Waals surface area contributed by atoms with Crippen molar-refractivity contribution < 1.29 is 0 Å². The number of thioether (sulfide) groups is 1. The average Bonchev–Trinajstić information content (AvgIpc) is 2.68. The smallest absolute Gasteiger partial charge is 0.153 e. The number of rotatable bonds is 4. The summed E-state index contributed by atoms with van der Waals surface area (Å²) in [4.78, 5) is 8.99. The summed E-state index contributed by atoms with van der Waals surface area (Å²) in [5.74, 6) is 0.586. The van der Waals surface area contributed by atoms with E-state index in [4.69, 9.17) is 5.73 Å². The van der Waals surface area contributed by atoms with Gasteiger partial charge in [0.15, 0.2) is 5.82 Å². The number of aromatic nitrogens is 3. The Bertz CT molecular complexity index is 456. The monoisotopic (exact) mass is 253 g/mol. The first-order valence-electron chi connectivity index (χ1n) is 4.59. The van der Waals surface area contributed by atoms with Gasteiger partial charge in [-0.1, -0.05) is 0 Å². The Labute approximate surface area is 102 Å². The summed E-state index contributed by atoms with van der Waals surface area (Å²) in [6.07, 6.45) is 5.24. The van der Waals surface area contributed by atoms with E-state index in [-0.39, 0.29) is 0 Å². The molecule has 0 saturated carbocycles. The molecule has 84 valence electrons. The second-order valence-corrected chi connectivity index (χ2v) is 4.57. The van der Waals surface area contributed by atoms with Crippen molar-refractivity contribution in [3.8, 4) is 0 Å². The van der Waals surface area contributed by atoms with E-state index in [0.29, 0.717) is 12.4 Å². The minimum atomic E-state index is 0.586. The van der Waals surface area contributed by atoms with Crippen molar-refractivity contribution in [1.82, 2.24) is 14.3 Å². The first-order chi connectivity index (χ1) is 7.81. The van der Waals surface area contributed by atoms with Gasteiger partial charge in [0.05, 0.1) is 17.1 Å². The third-order valence-corrected chi connectivity index (χ3v) is 3.72. The van der Waals surface area contributed by atoms with E-state index in [0.717, 1.165) is 15.6 Å². The number of hydrogen-bond acceptors (Lipinski definition) is 7. The van der Waals surface area contributed by atoms with Crippen LogP contribution in [0.5, 0.6) is 0 Å². The van der Waals surface area contributed by atoms with E-state index in [1.54, 1.807) is 18.0 Å². The average molecular weight is 253 g/mol. The van der Waals surface area contributed by atoms with Gasteiger partial charge in [0.2, 0.25) is 0 Å². The number of nitrogens with two attached hydrogens (primary N) is 1. The lowest BCUT2D eigenvalue weighted by Gasteiger charge is -2.04. The van der Waals surface area contributed by atoms with E-state index in [9.17, 15) is 0 Å². The molecular weight excluding hydrogens is 242 g/mol. The number of nitrogens with zero attached hydrogens (tertiary/aromatic N) is 3. The molecule has 0 spiro atoms. The van der Waals surface area contributed by atoms with Crippen LogP contribution in [0.15, 0.2) is 23.5 Å². The second-order valence-electron chi connectivity index (χ2n) is 2.98. The number of hydrogen-bond donors (Lipinski definition) is 2. The Balaban J connectivity index is 2.05. The lowest BCUT2D eigenvalue weighted by Crippen LogP contribution is -2.01. The standard InChI is InChI=1S/C9H11N5S2/c1-15-7-8(10)14-16-9(7)12-4-6-2-3-11-5-13-6/h2-3,5,12H,4H2,1H3,(H2,10,14). The zero-order valence-electron chi connectivity index (χ0n) is 8.67. The maximum atomic E-state index is 5.73. The van der Waals surface area contributed by atoms with Gasteiger partial charge in [-0.2, -0.15) is 4.37 Å². The lowest BCUT2D eigenvalue weighted by atomic mass is 10.4. The molecule has 0 amide bonds. The molecule has 0 fully saturated rings. The third-order valence-electron chi connectivity index (χ3n) is 1.95. The minimum absolute atomic E-state index is 0.586. The molecule has 0 aromatic carbocycles. The summed E-state index contributed by atoms with van der Waals surface area (Å²) >= 11 is 2.96. The summed E-state index contributed by atoms with van der Waals surface area (Å²) in [5, 5.41) is 4.26. The molecule has 0 unspecified atom stereocenters. The van der Waals surface area contributed by atoms with Gasteiger partial charge in [0.25, 0.3) is 0 Å². The van der Waals surface area contributed by atoms with Crippen molar-refractivity contribution in [3.05, 3.63) is 24.3 Å². The molecule has 0 aliphatic rings. The summed E-state index contributed by atoms with van der Waals surface area (Å²) in [7, 11) is 0. The fourth-order valence-corrected chi connectivity index (χ4v) is 2.73. The Kier molecular flexibility index (Phi) is 3.58. The molecule has 0 atom stereocenters. The van der Waals surface area contributed by atoms with Crippen molar-refractivity contribution in [3.63, 3.8) is 0 Å². The Morgan fingerprint density at radius 1 is 1.56 bits per heavy atom. The van der Waals surface area contributed by atoms with Crippen LogP contribution in [-0.2, 0) is 6.54 Å². The highest BCUT2D eigenvalue weighted by Gasteiger charge is 2.09. The van der Waals surface area contributed by atoms with Gasteiger partial charge in [-0.3, -0.25) is 0 Å². The Morgan fingerprint density at radius 3 is 3.12 bits per heavy atom. The first kappa shape index (κ1) is 11.2. The van der Waals surface area contributed by atoms with Crippen LogP contribution in [0.3, 0.4) is 0 Å². The zero-order valence-corrected chi connectivity index (χ0v) is 10.3. The van der Waals surface area contributed by atoms with Gasteiger partial charge in [-0.05, 0) is 23.9 Å². The van der Waals surface area contributed by atoms with Crippen LogP contribution in [0.4, 0.5) is 10.8 Å². The van der Waals surface area contributed by atoms with Crippen molar-refractivity contribution >= 4 is 34.1 Å². The maximum absolute atomic E-state index is 5.73. The Hall–Kier alpha value is -1.34. The fourth-order valence-electron chi connectivity index (χ4n) is 1.20. The van der Waals surface area contributed by atoms with Crippen molar-refractivity contribution in [2.24, 2.45) is 0 Å². The molecule has 3 N–H and O–H groups in total. The molecule has 16 heavy (non-hydrogen) atoms. The molecular formula is C9H11N5S2. The minimum Gasteiger partial charge on any atom is -0.382 e. The van der Waals surface area contributed by atoms with Gasteiger partial charge >= 0.3 is 0 Å². The Morgan fingerprint density at radius 2 is 2.44 bits per heavy atom. The van der Waals surface area contributed by atoms with Gasteiger partial charge < -0.3 is 11.1 Å². The predicted octanol–water partition coefficient (Wildman–Crippen LogP) is 1.85. The normalized spacial score (nSPS) is 10.3. The summed E-state index contributed by atoms with van der Waals surface area (Å²) in [6, 6.07) is 1.87. The topological polar surface area (TPSA) is 76.7 Å². The second kappa shape index (κ2) is 5.13. The van der Waals surface area contributed by atoms with E-state index in [1.807, 2.05) is 12.3 Å². The fraction of sp³-hybridized carbons (Fsp3) is 0.222. The van der Waals surface area contributed by atoms with E-state index < -0.39 is 0 Å². The molecule has 0 aliphatic carbocycles. The van der Waals surface area contributed by atoms with Crippen LogP contribution in [0.2, 0.25) is 0 Å². The molecule has 5 nitrogen and oxygen atoms in total. The zero-order chi connectivity index (χ0) is 11.4. The SMILES string of the molecule is CSc1c(N)nsc1NCc1ccncn1. The third kappa shape index (κ3) is 2.42. The number of nitrogen functional groups attached to an aromatic ring is 1. The molecule has 7 heteroatoms. The van der Waals surface area contributed by atoms with Crippen molar-refractivity contribution in [2.45, 2.75) is 11.4 Å². The van der Waals surface area contributed by atoms with Crippen LogP contribution < -0.4 is 11.1 Å². The molecule has 0 saturated heterocycles. The molecule has 2 heterocycles. The summed E-state index contributed by atoms with van der Waals surface area (Å²) in [5.41, 5.74) is 6.67. The first-order valence-corrected chi connectivity index (χ1v) is 6.59. The van der Waals surface area contributed by atoms with Crippen molar-refractivity contribution in [1.29, 1.82) is 0 Å². The van der Waals surface area contributed by atoms with Gasteiger partial charge in [0, 0.05) is 6.20 Å². The molecule has 2 aromatic heterocycles. The van der Waals surface area contributed by atoms with E-state index >= 15 is 0 Å². The predicted molar refractivity (Wildman–Crippen MR) is 67.7 cm³/mol. The van der Waals surface area contributed by atoms with Crippen LogP contribution >= 0.6 is 23.3 Å². The molecule has 0 radical (unpaired) electrons. The van der Waals surface area contributed by atoms with Gasteiger partial charge in [-0.15, -0.1) is 11.8 Å². The highest BCUT2D eigenvalue weighted by molar-refractivity contribution is 7.99. The molecule has 0 bridgehead atoms. The quantitative estimate of drug-likeness (QED) is 0.810. The van der Waals surface area contributed by atoms with Gasteiger partial charge in [-0.25, -0.2) is 9.97 Å². The summed E-state index contributed by atoms with van der Waals surface area (Å²) < 4.78 is 4.10. The van der Waals surface area contributed by atoms with Crippen molar-refractivity contribution in [2.75, 3.05) is 17.3 Å². The van der Waals surface area contributed by atoms with Crippen LogP contribution in [0.1, 0.15) is 5.69 Å². The van der Waals surface area contributed by atoms with Crippen LogP contribution in [0.25, 0.3) is 0 Å². The largest absolute Gasteiger partial charge is 0.382 e. The highest BCUT2D eigenvalue weighted by atomic mass is 32.2. The van der Waals surface area contributed by atoms with E-state index in [2.05, 4.69) is 19.7 Å². The molecule has 0 aliphatic heterocycles. The number of anilines is 2. The molecule has 2 rings (SSSR count). The highest BCUT2D eigenvalue weighted by Crippen LogP contribution is 2.34. The lowest BCUT2D eigenvalue weighted by molar-refractivity contribution is 1.01. The number of nitrogens with one attached hydrogen (secondary N) is 1. The van der Waals surface area contributed by atoms with Crippen LogP contribution in [0, 0.1) is 0 Å². The maximum Gasteiger partial charge on any atom is 0.153 e. The van der Waals surface area contributed by atoms with Gasteiger partial charge in [0.1, 0.15) is 11.3 Å². The summed E-state index contributed by atoms with van der Waals surface area (Å²) in [6.45, 7) is 0.651.